The van der Waals surface area contributed by atoms with E-state index in [2.05, 4.69) is 10.3 Å². The van der Waals surface area contributed by atoms with Gasteiger partial charge in [-0.3, -0.25) is 0 Å². The molecular formula is C10H14F2N2O. The van der Waals surface area contributed by atoms with Crippen molar-refractivity contribution in [2.24, 2.45) is 0 Å². The van der Waals surface area contributed by atoms with Gasteiger partial charge in [-0.2, -0.15) is 0 Å². The molecule has 0 bridgehead atoms. The Morgan fingerprint density at radius 3 is 2.87 bits per heavy atom. The van der Waals surface area contributed by atoms with Crippen LogP contribution in [-0.2, 0) is 0 Å². The van der Waals surface area contributed by atoms with Crippen LogP contribution in [0.25, 0.3) is 0 Å². The Kier molecular flexibility index (Phi) is 4.42. The third kappa shape index (κ3) is 4.20. The van der Waals surface area contributed by atoms with Crippen molar-refractivity contribution in [3.63, 3.8) is 0 Å². The fourth-order valence-corrected chi connectivity index (χ4v) is 1.15. The monoisotopic (exact) mass is 216 g/mol. The average Bonchev–Trinajstić information content (AvgIpc) is 2.14. The molecular weight excluding hydrogens is 202 g/mol. The van der Waals surface area contributed by atoms with E-state index in [4.69, 9.17) is 5.11 Å². The summed E-state index contributed by atoms with van der Waals surface area (Å²) in [6.07, 6.45) is 1.93. The lowest BCUT2D eigenvalue weighted by atomic mass is 10.2. The summed E-state index contributed by atoms with van der Waals surface area (Å²) < 4.78 is 25.5. The van der Waals surface area contributed by atoms with Crippen LogP contribution in [0.2, 0.25) is 0 Å². The summed E-state index contributed by atoms with van der Waals surface area (Å²) in [6.45, 7) is 2.19. The van der Waals surface area contributed by atoms with Crippen molar-refractivity contribution < 1.29 is 13.9 Å². The average molecular weight is 216 g/mol. The molecule has 84 valence electrons. The highest BCUT2D eigenvalue weighted by Crippen LogP contribution is 2.11. The lowest BCUT2D eigenvalue weighted by molar-refractivity contribution is 0.183. The van der Waals surface area contributed by atoms with Crippen LogP contribution in [0.3, 0.4) is 0 Å². The fraction of sp³-hybridized carbons (Fsp3) is 0.500. The molecule has 0 fully saturated rings. The molecule has 0 radical (unpaired) electrons. The van der Waals surface area contributed by atoms with E-state index in [0.29, 0.717) is 19.4 Å². The lowest BCUT2D eigenvalue weighted by Gasteiger charge is -2.07. The molecule has 3 nitrogen and oxygen atoms in total. The molecule has 0 saturated carbocycles. The first-order valence-electron chi connectivity index (χ1n) is 4.82. The Bertz CT molecular complexity index is 318. The first-order chi connectivity index (χ1) is 7.09. The van der Waals surface area contributed by atoms with Gasteiger partial charge in [0.2, 0.25) is 0 Å². The molecule has 0 aliphatic heterocycles. The Balaban J connectivity index is 2.37. The van der Waals surface area contributed by atoms with Crippen molar-refractivity contribution in [1.82, 2.24) is 4.98 Å². The number of hydrogen-bond donors (Lipinski definition) is 2. The van der Waals surface area contributed by atoms with Crippen LogP contribution in [-0.4, -0.2) is 22.7 Å². The van der Waals surface area contributed by atoms with Crippen LogP contribution in [0.1, 0.15) is 19.8 Å². The normalized spacial score (nSPS) is 12.5. The van der Waals surface area contributed by atoms with Gasteiger partial charge in [-0.1, -0.05) is 0 Å². The van der Waals surface area contributed by atoms with Crippen molar-refractivity contribution in [3.8, 4) is 0 Å². The van der Waals surface area contributed by atoms with Gasteiger partial charge >= 0.3 is 0 Å². The molecule has 0 aliphatic carbocycles. The number of pyridine rings is 1. The van der Waals surface area contributed by atoms with Gasteiger partial charge in [-0.05, 0) is 19.8 Å². The van der Waals surface area contributed by atoms with Crippen LogP contribution in [0.4, 0.5) is 14.6 Å². The summed E-state index contributed by atoms with van der Waals surface area (Å²) in [6, 6.07) is 0.782. The highest BCUT2D eigenvalue weighted by molar-refractivity contribution is 5.35. The molecule has 1 heterocycles. The molecule has 0 amide bonds. The Morgan fingerprint density at radius 2 is 2.27 bits per heavy atom. The number of nitrogens with zero attached hydrogens (tertiary/aromatic N) is 1. The minimum absolute atomic E-state index is 0.0435. The van der Waals surface area contributed by atoms with Crippen molar-refractivity contribution in [2.75, 3.05) is 11.9 Å². The van der Waals surface area contributed by atoms with Crippen molar-refractivity contribution in [1.29, 1.82) is 0 Å². The zero-order valence-corrected chi connectivity index (χ0v) is 8.50. The van der Waals surface area contributed by atoms with Gasteiger partial charge in [0.05, 0.1) is 12.3 Å². The summed E-state index contributed by atoms with van der Waals surface area (Å²) in [4.78, 5) is 3.57. The van der Waals surface area contributed by atoms with Gasteiger partial charge in [-0.15, -0.1) is 0 Å². The number of rotatable bonds is 5. The van der Waals surface area contributed by atoms with Gasteiger partial charge < -0.3 is 10.4 Å². The van der Waals surface area contributed by atoms with E-state index >= 15 is 0 Å². The van der Waals surface area contributed by atoms with Crippen LogP contribution in [0, 0.1) is 11.6 Å². The van der Waals surface area contributed by atoms with E-state index in [9.17, 15) is 8.78 Å². The van der Waals surface area contributed by atoms with Gasteiger partial charge in [0.1, 0.15) is 5.82 Å². The molecule has 5 heteroatoms. The van der Waals surface area contributed by atoms with Gasteiger partial charge in [0, 0.05) is 12.6 Å². The summed E-state index contributed by atoms with van der Waals surface area (Å²) in [5.41, 5.74) is 0. The maximum Gasteiger partial charge on any atom is 0.168 e. The fourth-order valence-electron chi connectivity index (χ4n) is 1.15. The number of hydrogen-bond acceptors (Lipinski definition) is 3. The highest BCUT2D eigenvalue weighted by Gasteiger charge is 2.04. The van der Waals surface area contributed by atoms with Gasteiger partial charge in [0.15, 0.2) is 11.6 Å². The minimum Gasteiger partial charge on any atom is -0.393 e. The molecule has 2 N–H and O–H groups in total. The Labute approximate surface area is 87.2 Å². The zero-order valence-electron chi connectivity index (χ0n) is 8.50. The summed E-state index contributed by atoms with van der Waals surface area (Å²) >= 11 is 0. The van der Waals surface area contributed by atoms with Gasteiger partial charge in [0.25, 0.3) is 0 Å². The molecule has 0 spiro atoms. The van der Waals surface area contributed by atoms with Crippen molar-refractivity contribution in [2.45, 2.75) is 25.9 Å². The summed E-state index contributed by atoms with van der Waals surface area (Å²) in [5, 5.41) is 11.7. The maximum atomic E-state index is 13.0. The summed E-state index contributed by atoms with van der Waals surface area (Å²) in [5.74, 6) is -1.35. The predicted octanol–water partition coefficient (Wildman–Crippen LogP) is 1.93. The first-order valence-corrected chi connectivity index (χ1v) is 4.82. The van der Waals surface area contributed by atoms with E-state index < -0.39 is 11.6 Å². The van der Waals surface area contributed by atoms with E-state index in [1.54, 1.807) is 6.92 Å². The number of aliphatic hydroxyl groups excluding tert-OH is 1. The molecule has 1 atom stereocenters. The third-order valence-electron chi connectivity index (χ3n) is 1.90. The molecule has 1 aromatic heterocycles. The van der Waals surface area contributed by atoms with Crippen LogP contribution >= 0.6 is 0 Å². The van der Waals surface area contributed by atoms with E-state index in [1.165, 1.54) is 0 Å². The summed E-state index contributed by atoms with van der Waals surface area (Å²) in [7, 11) is 0. The molecule has 15 heavy (non-hydrogen) atoms. The second kappa shape index (κ2) is 5.60. The quantitative estimate of drug-likeness (QED) is 0.739. The number of anilines is 1. The van der Waals surface area contributed by atoms with Crippen molar-refractivity contribution >= 4 is 5.82 Å². The standard InChI is InChI=1S/C10H14F2N2O/c1-7(15)3-2-4-13-10-9(12)5-8(11)6-14-10/h5-7,15H,2-4H2,1H3,(H,13,14). The Morgan fingerprint density at radius 1 is 1.53 bits per heavy atom. The van der Waals surface area contributed by atoms with E-state index in [0.717, 1.165) is 12.3 Å². The number of nitrogens with one attached hydrogen (secondary N) is 1. The molecule has 1 rings (SSSR count). The smallest absolute Gasteiger partial charge is 0.168 e. The number of halogens is 2. The van der Waals surface area contributed by atoms with E-state index in [-0.39, 0.29) is 11.9 Å². The van der Waals surface area contributed by atoms with Crippen LogP contribution < -0.4 is 5.32 Å². The topological polar surface area (TPSA) is 45.1 Å². The molecule has 0 aromatic carbocycles. The van der Waals surface area contributed by atoms with Crippen LogP contribution in [0.5, 0.6) is 0 Å². The molecule has 0 saturated heterocycles. The highest BCUT2D eigenvalue weighted by atomic mass is 19.1. The SMILES string of the molecule is CC(O)CCCNc1ncc(F)cc1F. The largest absolute Gasteiger partial charge is 0.393 e. The lowest BCUT2D eigenvalue weighted by Crippen LogP contribution is -2.08. The second-order valence-corrected chi connectivity index (χ2v) is 3.40. The van der Waals surface area contributed by atoms with Crippen molar-refractivity contribution in [3.05, 3.63) is 23.9 Å². The van der Waals surface area contributed by atoms with E-state index in [1.807, 2.05) is 0 Å². The first kappa shape index (κ1) is 11.8. The third-order valence-corrected chi connectivity index (χ3v) is 1.90. The number of aliphatic hydroxyl groups is 1. The predicted molar refractivity (Wildman–Crippen MR) is 53.6 cm³/mol. The molecule has 0 aliphatic rings. The minimum atomic E-state index is -0.702. The molecule has 1 aromatic rings. The van der Waals surface area contributed by atoms with Gasteiger partial charge in [-0.25, -0.2) is 13.8 Å². The number of aromatic nitrogens is 1. The van der Waals surface area contributed by atoms with Crippen LogP contribution in [0.15, 0.2) is 12.3 Å². The Hall–Kier alpha value is -1.23. The maximum absolute atomic E-state index is 13.0. The second-order valence-electron chi connectivity index (χ2n) is 3.40. The zero-order chi connectivity index (χ0) is 11.3. The molecule has 1 unspecified atom stereocenters.